The van der Waals surface area contributed by atoms with Crippen LogP contribution >= 0.6 is 0 Å². The topological polar surface area (TPSA) is 113 Å². The number of methoxy groups -OCH3 is 1. The summed E-state index contributed by atoms with van der Waals surface area (Å²) in [6.07, 6.45) is 1.11. The number of ether oxygens (including phenoxy) is 2. The molecule has 226 valence electrons. The standard InChI is InChI=1S/C32H38N6O5/c1-7-8-18-37-26-27(34-29(37)36-17-11-13-22(19-36)33-30(40)43-32(2,3)4)35(5)31(41)38(28(26)39)20-24-23-14-10-9-12-21(23)15-16-25(24)42-6/h9-10,12,14-16,22H,11,13,17-20H2,1-6H3,(H,33,40)/t22-/m1/s1. The summed E-state index contributed by atoms with van der Waals surface area (Å²) in [5.74, 6) is 7.10. The number of nitrogens with zero attached hydrogens (tertiary/aromatic N) is 5. The van der Waals surface area contributed by atoms with Gasteiger partial charge in [0.25, 0.3) is 5.56 Å². The molecule has 0 saturated carbocycles. The Morgan fingerprint density at radius 3 is 2.63 bits per heavy atom. The fourth-order valence-corrected chi connectivity index (χ4v) is 5.63. The summed E-state index contributed by atoms with van der Waals surface area (Å²) in [6, 6.07) is 11.4. The molecule has 43 heavy (non-hydrogen) atoms. The van der Waals surface area contributed by atoms with E-state index in [2.05, 4.69) is 17.2 Å². The number of carbonyl (C=O) groups is 1. The largest absolute Gasteiger partial charge is 0.496 e. The van der Waals surface area contributed by atoms with Gasteiger partial charge in [-0.15, -0.1) is 5.92 Å². The highest BCUT2D eigenvalue weighted by molar-refractivity contribution is 5.88. The van der Waals surface area contributed by atoms with Gasteiger partial charge in [0.2, 0.25) is 5.95 Å². The van der Waals surface area contributed by atoms with Gasteiger partial charge in [0, 0.05) is 31.7 Å². The second-order valence-electron chi connectivity index (χ2n) is 11.7. The van der Waals surface area contributed by atoms with E-state index < -0.39 is 22.9 Å². The number of benzene rings is 2. The number of hydrogen-bond acceptors (Lipinski definition) is 7. The fraction of sp³-hybridized carbons (Fsp3) is 0.438. The first kappa shape index (κ1) is 29.8. The molecule has 0 spiro atoms. The summed E-state index contributed by atoms with van der Waals surface area (Å²) in [5.41, 5.74) is -0.219. The van der Waals surface area contributed by atoms with Crippen LogP contribution in [0.2, 0.25) is 0 Å². The van der Waals surface area contributed by atoms with Gasteiger partial charge in [-0.3, -0.25) is 18.5 Å². The lowest BCUT2D eigenvalue weighted by molar-refractivity contribution is 0.0499. The number of rotatable bonds is 6. The van der Waals surface area contributed by atoms with E-state index in [0.29, 0.717) is 30.3 Å². The van der Waals surface area contributed by atoms with E-state index >= 15 is 0 Å². The predicted octanol–water partition coefficient (Wildman–Crippen LogP) is 3.62. The van der Waals surface area contributed by atoms with Gasteiger partial charge in [-0.25, -0.2) is 9.59 Å². The zero-order chi connectivity index (χ0) is 30.9. The van der Waals surface area contributed by atoms with Crippen molar-refractivity contribution < 1.29 is 14.3 Å². The van der Waals surface area contributed by atoms with Gasteiger partial charge in [0.15, 0.2) is 11.2 Å². The van der Waals surface area contributed by atoms with Crippen LogP contribution in [-0.4, -0.2) is 56.6 Å². The zero-order valence-corrected chi connectivity index (χ0v) is 25.6. The second kappa shape index (κ2) is 11.9. The van der Waals surface area contributed by atoms with Gasteiger partial charge in [-0.05, 0) is 57.4 Å². The SMILES string of the molecule is CC#CCn1c(N2CCC[C@@H](NC(=O)OC(C)(C)C)C2)nc2c1c(=O)n(Cc1c(OC)ccc3ccccc13)c(=O)n2C. The summed E-state index contributed by atoms with van der Waals surface area (Å²) >= 11 is 0. The van der Waals surface area contributed by atoms with Crippen LogP contribution in [0.1, 0.15) is 46.1 Å². The maximum absolute atomic E-state index is 14.2. The Bertz CT molecular complexity index is 1870. The third-order valence-electron chi connectivity index (χ3n) is 7.59. The monoisotopic (exact) mass is 586 g/mol. The zero-order valence-electron chi connectivity index (χ0n) is 25.6. The highest BCUT2D eigenvalue weighted by Crippen LogP contribution is 2.29. The van der Waals surface area contributed by atoms with Crippen LogP contribution < -0.4 is 26.2 Å². The first-order chi connectivity index (χ1) is 20.5. The highest BCUT2D eigenvalue weighted by Gasteiger charge is 2.29. The lowest BCUT2D eigenvalue weighted by atomic mass is 10.0. The number of aromatic nitrogens is 4. The van der Waals surface area contributed by atoms with Crippen LogP contribution in [0, 0.1) is 11.8 Å². The molecule has 0 bridgehead atoms. The highest BCUT2D eigenvalue weighted by atomic mass is 16.6. The molecule has 0 aliphatic carbocycles. The number of anilines is 1. The summed E-state index contributed by atoms with van der Waals surface area (Å²) in [4.78, 5) is 47.2. The van der Waals surface area contributed by atoms with Crippen LogP contribution in [-0.2, 0) is 24.9 Å². The predicted molar refractivity (Wildman–Crippen MR) is 167 cm³/mol. The fourth-order valence-electron chi connectivity index (χ4n) is 5.63. The molecule has 4 aromatic rings. The van der Waals surface area contributed by atoms with E-state index in [1.165, 1.54) is 9.13 Å². The Kier molecular flexibility index (Phi) is 8.22. The number of amides is 1. The van der Waals surface area contributed by atoms with E-state index in [4.69, 9.17) is 14.5 Å². The number of nitrogens with one attached hydrogen (secondary N) is 1. The molecule has 0 unspecified atom stereocenters. The van der Waals surface area contributed by atoms with E-state index in [0.717, 1.165) is 29.2 Å². The Hall–Kier alpha value is -4.72. The molecule has 1 aliphatic rings. The van der Waals surface area contributed by atoms with E-state index in [9.17, 15) is 14.4 Å². The van der Waals surface area contributed by atoms with Crippen LogP contribution in [0.25, 0.3) is 21.9 Å². The molecule has 1 fully saturated rings. The molecule has 1 N–H and O–H groups in total. The molecule has 3 heterocycles. The van der Waals surface area contributed by atoms with Gasteiger partial charge >= 0.3 is 11.8 Å². The van der Waals surface area contributed by atoms with Crippen LogP contribution in [0.15, 0.2) is 46.0 Å². The minimum Gasteiger partial charge on any atom is -0.496 e. The first-order valence-corrected chi connectivity index (χ1v) is 14.4. The average molecular weight is 587 g/mol. The van der Waals surface area contributed by atoms with Gasteiger partial charge < -0.3 is 19.7 Å². The molecule has 5 rings (SSSR count). The lowest BCUT2D eigenvalue weighted by Crippen LogP contribution is -2.49. The van der Waals surface area contributed by atoms with Crippen LogP contribution in [0.3, 0.4) is 0 Å². The Balaban J connectivity index is 1.60. The first-order valence-electron chi connectivity index (χ1n) is 14.4. The average Bonchev–Trinajstić information content (AvgIpc) is 3.36. The van der Waals surface area contributed by atoms with Crippen molar-refractivity contribution in [3.05, 3.63) is 62.8 Å². The molecule has 11 heteroatoms. The molecule has 11 nitrogen and oxygen atoms in total. The summed E-state index contributed by atoms with van der Waals surface area (Å²) in [6.45, 7) is 8.59. The van der Waals surface area contributed by atoms with Crippen molar-refractivity contribution in [2.45, 2.75) is 65.3 Å². The third-order valence-corrected chi connectivity index (χ3v) is 7.59. The van der Waals surface area contributed by atoms with Gasteiger partial charge in [-0.1, -0.05) is 36.3 Å². The van der Waals surface area contributed by atoms with Crippen molar-refractivity contribution in [1.82, 2.24) is 24.0 Å². The number of hydrogen-bond donors (Lipinski definition) is 1. The Morgan fingerprint density at radius 1 is 1.14 bits per heavy atom. The minimum absolute atomic E-state index is 0.0253. The number of alkyl carbamates (subject to hydrolysis) is 1. The number of carbonyl (C=O) groups excluding carboxylic acids is 1. The molecular weight excluding hydrogens is 548 g/mol. The van der Waals surface area contributed by atoms with Gasteiger partial charge in [-0.2, -0.15) is 4.98 Å². The lowest BCUT2D eigenvalue weighted by Gasteiger charge is -2.34. The van der Waals surface area contributed by atoms with Crippen molar-refractivity contribution >= 4 is 34.0 Å². The van der Waals surface area contributed by atoms with Crippen molar-refractivity contribution in [2.75, 3.05) is 25.1 Å². The number of imidazole rings is 1. The van der Waals surface area contributed by atoms with Gasteiger partial charge in [0.1, 0.15) is 11.4 Å². The second-order valence-corrected chi connectivity index (χ2v) is 11.7. The van der Waals surface area contributed by atoms with Crippen molar-refractivity contribution in [3.63, 3.8) is 0 Å². The van der Waals surface area contributed by atoms with Crippen LogP contribution in [0.5, 0.6) is 5.75 Å². The van der Waals surface area contributed by atoms with Crippen molar-refractivity contribution in [1.29, 1.82) is 0 Å². The van der Waals surface area contributed by atoms with Crippen molar-refractivity contribution in [3.8, 4) is 17.6 Å². The number of fused-ring (bicyclic) bond motifs is 2. The number of piperidine rings is 1. The number of aryl methyl sites for hydroxylation is 1. The van der Waals surface area contributed by atoms with E-state index in [1.54, 1.807) is 25.6 Å². The maximum Gasteiger partial charge on any atom is 0.407 e. The Morgan fingerprint density at radius 2 is 1.91 bits per heavy atom. The molecule has 1 saturated heterocycles. The van der Waals surface area contributed by atoms with Crippen LogP contribution in [0.4, 0.5) is 10.7 Å². The van der Waals surface area contributed by atoms with E-state index in [1.807, 2.05) is 62.1 Å². The third kappa shape index (κ3) is 5.95. The maximum atomic E-state index is 14.2. The molecule has 2 aromatic carbocycles. The summed E-state index contributed by atoms with van der Waals surface area (Å²) < 4.78 is 15.5. The molecule has 1 amide bonds. The minimum atomic E-state index is -0.605. The normalized spacial score (nSPS) is 15.3. The summed E-state index contributed by atoms with van der Waals surface area (Å²) in [5, 5.41) is 4.85. The van der Waals surface area contributed by atoms with Crippen molar-refractivity contribution in [2.24, 2.45) is 7.05 Å². The molecule has 1 atom stereocenters. The molecule has 0 radical (unpaired) electrons. The molecule has 1 aliphatic heterocycles. The summed E-state index contributed by atoms with van der Waals surface area (Å²) in [7, 11) is 3.20. The molecular formula is C32H38N6O5. The smallest absolute Gasteiger partial charge is 0.407 e. The Labute approximate surface area is 250 Å². The van der Waals surface area contributed by atoms with Gasteiger partial charge in [0.05, 0.1) is 20.2 Å². The molecule has 2 aromatic heterocycles. The quantitative estimate of drug-likeness (QED) is 0.344. The van der Waals surface area contributed by atoms with E-state index in [-0.39, 0.29) is 24.8 Å².